The van der Waals surface area contributed by atoms with Crippen LogP contribution < -0.4 is 19.1 Å². The van der Waals surface area contributed by atoms with Gasteiger partial charge >= 0.3 is 0 Å². The Morgan fingerprint density at radius 3 is 2.27 bits per heavy atom. The monoisotopic (exact) mass is 418 g/mol. The second-order valence-corrected chi connectivity index (χ2v) is 9.38. The molecule has 7 heteroatoms. The zero-order chi connectivity index (χ0) is 22.1. The Hall–Kier alpha value is -2.44. The van der Waals surface area contributed by atoms with E-state index in [4.69, 9.17) is 14.2 Å². The van der Waals surface area contributed by atoms with Gasteiger partial charge in [-0.1, -0.05) is 20.8 Å². The normalized spacial score (nSPS) is 21.9. The molecule has 2 aliphatic heterocycles. The van der Waals surface area contributed by atoms with Gasteiger partial charge in [0.1, 0.15) is 0 Å². The molecular weight excluding hydrogens is 384 g/mol. The van der Waals surface area contributed by atoms with Gasteiger partial charge in [-0.05, 0) is 24.7 Å². The van der Waals surface area contributed by atoms with Crippen molar-refractivity contribution in [1.29, 1.82) is 0 Å². The minimum atomic E-state index is -0.322. The van der Waals surface area contributed by atoms with Crippen molar-refractivity contribution in [2.45, 2.75) is 52.5 Å². The molecule has 30 heavy (non-hydrogen) atoms. The Kier molecular flexibility index (Phi) is 6.48. The van der Waals surface area contributed by atoms with Crippen LogP contribution in [-0.4, -0.2) is 57.2 Å². The van der Waals surface area contributed by atoms with Crippen molar-refractivity contribution in [2.24, 2.45) is 11.3 Å². The summed E-state index contributed by atoms with van der Waals surface area (Å²) in [5, 5.41) is 0. The Morgan fingerprint density at radius 2 is 1.73 bits per heavy atom. The zero-order valence-corrected chi connectivity index (χ0v) is 19.0. The lowest BCUT2D eigenvalue weighted by Gasteiger charge is -2.32. The average molecular weight is 419 g/mol. The van der Waals surface area contributed by atoms with E-state index < -0.39 is 0 Å². The molecule has 2 heterocycles. The van der Waals surface area contributed by atoms with Gasteiger partial charge in [-0.15, -0.1) is 0 Å². The summed E-state index contributed by atoms with van der Waals surface area (Å²) < 4.78 is 16.2. The van der Waals surface area contributed by atoms with Crippen molar-refractivity contribution in [2.75, 3.05) is 39.3 Å². The van der Waals surface area contributed by atoms with Crippen molar-refractivity contribution in [3.8, 4) is 17.2 Å². The Bertz CT molecular complexity index is 776. The molecule has 2 saturated heterocycles. The van der Waals surface area contributed by atoms with Crippen LogP contribution in [0.1, 0.15) is 46.5 Å². The number of anilines is 1. The summed E-state index contributed by atoms with van der Waals surface area (Å²) in [4.78, 5) is 29.8. The van der Waals surface area contributed by atoms with Crippen LogP contribution in [0.25, 0.3) is 0 Å². The van der Waals surface area contributed by atoms with Crippen molar-refractivity contribution in [3.05, 3.63) is 12.1 Å². The molecule has 0 N–H and O–H groups in total. The number of likely N-dealkylation sites (tertiary alicyclic amines) is 1. The molecule has 166 valence electrons. The van der Waals surface area contributed by atoms with E-state index in [9.17, 15) is 9.59 Å². The molecular formula is C23H34N2O5. The molecule has 1 aromatic carbocycles. The van der Waals surface area contributed by atoms with E-state index in [-0.39, 0.29) is 35.6 Å². The number of amides is 2. The van der Waals surface area contributed by atoms with Crippen LogP contribution in [0.4, 0.5) is 5.69 Å². The number of nitrogens with zero attached hydrogens (tertiary/aromatic N) is 2. The number of carbonyl (C=O) groups is 2. The third-order valence-corrected chi connectivity index (χ3v) is 5.94. The van der Waals surface area contributed by atoms with E-state index in [1.165, 1.54) is 0 Å². The summed E-state index contributed by atoms with van der Waals surface area (Å²) in [6, 6.07) is 3.78. The van der Waals surface area contributed by atoms with Gasteiger partial charge in [-0.25, -0.2) is 0 Å². The minimum Gasteiger partial charge on any atom is -0.493 e. The lowest BCUT2D eigenvalue weighted by molar-refractivity contribution is -0.137. The number of rotatable bonds is 6. The highest BCUT2D eigenvalue weighted by atomic mass is 16.5. The summed E-state index contributed by atoms with van der Waals surface area (Å²) in [6.07, 6.45) is 3.29. The maximum Gasteiger partial charge on any atom is 0.228 e. The first-order valence-corrected chi connectivity index (χ1v) is 10.6. The number of hydrogen-bond acceptors (Lipinski definition) is 5. The molecule has 0 aliphatic carbocycles. The SMILES string of the molecule is COc1cc(N2CC(C(=O)N3CCCC3CC(C)(C)C)CC2=O)cc(OC)c1OC. The molecule has 0 bridgehead atoms. The second kappa shape index (κ2) is 8.74. The maximum atomic E-state index is 13.3. The standard InChI is InChI=1S/C23H34N2O5/c1-23(2,3)13-16-8-7-9-24(16)22(27)15-10-20(26)25(14-15)17-11-18(28-4)21(30-6)19(12-17)29-5/h11-12,15-16H,7-10,13-14H2,1-6H3. The van der Waals surface area contributed by atoms with Gasteiger partial charge in [0, 0.05) is 37.7 Å². The summed E-state index contributed by atoms with van der Waals surface area (Å²) in [5.74, 6) is 1.17. The molecule has 2 unspecified atom stereocenters. The Labute approximate surface area is 179 Å². The number of benzene rings is 1. The fourth-order valence-electron chi connectivity index (χ4n) is 4.63. The fraction of sp³-hybridized carbons (Fsp3) is 0.652. The van der Waals surface area contributed by atoms with Crippen LogP contribution in [-0.2, 0) is 9.59 Å². The molecule has 0 aromatic heterocycles. The van der Waals surface area contributed by atoms with E-state index in [0.717, 1.165) is 25.8 Å². The number of hydrogen-bond donors (Lipinski definition) is 0. The second-order valence-electron chi connectivity index (χ2n) is 9.38. The summed E-state index contributed by atoms with van der Waals surface area (Å²) in [7, 11) is 4.63. The van der Waals surface area contributed by atoms with Crippen molar-refractivity contribution in [3.63, 3.8) is 0 Å². The lowest BCUT2D eigenvalue weighted by atomic mass is 9.87. The van der Waals surface area contributed by atoms with E-state index >= 15 is 0 Å². The summed E-state index contributed by atoms with van der Waals surface area (Å²) >= 11 is 0. The molecule has 2 amide bonds. The predicted octanol–water partition coefficient (Wildman–Crippen LogP) is 3.49. The van der Waals surface area contributed by atoms with Gasteiger partial charge in [0.2, 0.25) is 17.6 Å². The minimum absolute atomic E-state index is 0.0609. The Morgan fingerprint density at radius 1 is 1.10 bits per heavy atom. The van der Waals surface area contributed by atoms with Crippen LogP contribution in [0.5, 0.6) is 17.2 Å². The third kappa shape index (κ3) is 4.50. The van der Waals surface area contributed by atoms with Crippen molar-refractivity contribution < 1.29 is 23.8 Å². The van der Waals surface area contributed by atoms with Gasteiger partial charge in [0.25, 0.3) is 0 Å². The number of carbonyl (C=O) groups excluding carboxylic acids is 2. The molecule has 0 radical (unpaired) electrons. The molecule has 0 saturated carbocycles. The van der Waals surface area contributed by atoms with Crippen LogP contribution in [0, 0.1) is 11.3 Å². The quantitative estimate of drug-likeness (QED) is 0.707. The topological polar surface area (TPSA) is 68.3 Å². The highest BCUT2D eigenvalue weighted by Gasteiger charge is 2.41. The highest BCUT2D eigenvalue weighted by Crippen LogP contribution is 2.42. The van der Waals surface area contributed by atoms with Crippen molar-refractivity contribution in [1.82, 2.24) is 4.90 Å². The molecule has 1 aromatic rings. The first kappa shape index (κ1) is 22.2. The van der Waals surface area contributed by atoms with Gasteiger partial charge in [0.05, 0.1) is 32.9 Å². The molecule has 3 rings (SSSR count). The van der Waals surface area contributed by atoms with E-state index in [1.54, 1.807) is 38.4 Å². The van der Waals surface area contributed by atoms with Crippen molar-refractivity contribution >= 4 is 17.5 Å². The van der Waals surface area contributed by atoms with Gasteiger partial charge in [-0.3, -0.25) is 9.59 Å². The van der Waals surface area contributed by atoms with Crippen LogP contribution in [0.15, 0.2) is 12.1 Å². The fourth-order valence-corrected chi connectivity index (χ4v) is 4.63. The van der Waals surface area contributed by atoms with E-state index in [1.807, 2.05) is 4.90 Å². The van der Waals surface area contributed by atoms with Gasteiger partial charge < -0.3 is 24.0 Å². The molecule has 2 atom stereocenters. The third-order valence-electron chi connectivity index (χ3n) is 5.94. The van der Waals surface area contributed by atoms with Crippen LogP contribution in [0.3, 0.4) is 0 Å². The zero-order valence-electron chi connectivity index (χ0n) is 19.0. The number of methoxy groups -OCH3 is 3. The summed E-state index contributed by atoms with van der Waals surface area (Å²) in [5.41, 5.74) is 0.818. The number of ether oxygens (including phenoxy) is 3. The molecule has 7 nitrogen and oxygen atoms in total. The van der Waals surface area contributed by atoms with Gasteiger partial charge in [-0.2, -0.15) is 0 Å². The maximum absolute atomic E-state index is 13.3. The van der Waals surface area contributed by atoms with E-state index in [2.05, 4.69) is 20.8 Å². The Balaban J connectivity index is 1.79. The average Bonchev–Trinajstić information content (AvgIpc) is 3.31. The first-order chi connectivity index (χ1) is 14.2. The predicted molar refractivity (Wildman–Crippen MR) is 115 cm³/mol. The van der Waals surface area contributed by atoms with Crippen LogP contribution in [0.2, 0.25) is 0 Å². The lowest BCUT2D eigenvalue weighted by Crippen LogP contribution is -2.42. The molecule has 2 fully saturated rings. The smallest absolute Gasteiger partial charge is 0.228 e. The van der Waals surface area contributed by atoms with E-state index in [0.29, 0.717) is 29.5 Å². The molecule has 2 aliphatic rings. The first-order valence-electron chi connectivity index (χ1n) is 10.6. The van der Waals surface area contributed by atoms with Crippen LogP contribution >= 0.6 is 0 Å². The molecule has 0 spiro atoms. The highest BCUT2D eigenvalue weighted by molar-refractivity contribution is 6.00. The summed E-state index contributed by atoms with van der Waals surface area (Å²) in [6.45, 7) is 7.78. The van der Waals surface area contributed by atoms with Gasteiger partial charge in [0.15, 0.2) is 11.5 Å². The largest absolute Gasteiger partial charge is 0.493 e.